The maximum atomic E-state index is 13.1. The van der Waals surface area contributed by atoms with Crippen LogP contribution in [0.25, 0.3) is 0 Å². The molecule has 59 heavy (non-hydrogen) atoms. The van der Waals surface area contributed by atoms with Crippen LogP contribution >= 0.6 is 0 Å². The van der Waals surface area contributed by atoms with E-state index >= 15 is 0 Å². The highest BCUT2D eigenvalue weighted by molar-refractivity contribution is 5.70. The molecule has 4 N–H and O–H groups in total. The number of aldehydes is 1. The number of ether oxygens (including phenoxy) is 8. The van der Waals surface area contributed by atoms with Gasteiger partial charge in [-0.05, 0) is 93.8 Å². The molecule has 4 aliphatic rings. The molecule has 0 bridgehead atoms. The lowest BCUT2D eigenvalue weighted by molar-refractivity contribution is -0.344. The van der Waals surface area contributed by atoms with Crippen molar-refractivity contribution in [1.29, 1.82) is 0 Å². The molecule has 0 saturated carbocycles. The highest BCUT2D eigenvalue weighted by Gasteiger charge is 2.52. The Balaban J connectivity index is 1.66. The van der Waals surface area contributed by atoms with Crippen LogP contribution in [0.3, 0.4) is 0 Å². The molecule has 0 amide bonds. The molecule has 0 aromatic rings. The van der Waals surface area contributed by atoms with Crippen LogP contribution in [0.2, 0.25) is 0 Å². The molecule has 4 aliphatic heterocycles. The smallest absolute Gasteiger partial charge is 0.308 e. The second kappa shape index (κ2) is 22.5. The second-order valence-electron chi connectivity index (χ2n) is 17.5. The first-order valence-electron chi connectivity index (χ1n) is 22.6. The van der Waals surface area contributed by atoms with Gasteiger partial charge < -0.3 is 72.9 Å². The zero-order valence-electron chi connectivity index (χ0n) is 39.5. The van der Waals surface area contributed by atoms with Gasteiger partial charge in [-0.2, -0.15) is 0 Å². The maximum Gasteiger partial charge on any atom is 0.308 e. The monoisotopic (exact) mass is 846 g/mol. The number of hydrogen-bond donors (Lipinski definition) is 4. The summed E-state index contributed by atoms with van der Waals surface area (Å²) in [6, 6.07) is -1.10. The lowest BCUT2D eigenvalue weighted by atomic mass is 9.82. The van der Waals surface area contributed by atoms with Crippen molar-refractivity contribution in [3.8, 4) is 0 Å². The van der Waals surface area contributed by atoms with Crippen molar-refractivity contribution in [2.45, 2.75) is 190 Å². The van der Waals surface area contributed by atoms with E-state index in [1.165, 1.54) is 18.9 Å². The zero-order chi connectivity index (χ0) is 46.3. The van der Waals surface area contributed by atoms with Gasteiger partial charge >= 0.3 is 5.97 Å². The number of hydrogen-bond acceptors (Lipinski definition) is 16. The van der Waals surface area contributed by atoms with Crippen molar-refractivity contribution in [2.24, 2.45) is 11.8 Å². The van der Waals surface area contributed by atoms with Gasteiger partial charge in [0.1, 0.15) is 36.8 Å². The predicted molar refractivity (Wildman–Crippen MR) is 217 cm³/mol. The quantitative estimate of drug-likeness (QED) is 0.175. The normalized spacial score (nSPS) is 46.8. The molecule has 0 aromatic heterocycles. The molecule has 19 atom stereocenters. The maximum absolute atomic E-state index is 13.1. The molecule has 0 radical (unpaired) electrons. The first kappa shape index (κ1) is 45.1. The predicted octanol–water partition coefficient (Wildman–Crippen LogP) is 2.33. The third-order valence-electron chi connectivity index (χ3n) is 12.2. The van der Waals surface area contributed by atoms with Crippen molar-refractivity contribution in [2.75, 3.05) is 35.2 Å². The second-order valence-corrected chi connectivity index (χ2v) is 17.5. The fourth-order valence-electron chi connectivity index (χ4n) is 8.93. The number of carbonyl (C=O) groups is 2. The highest BCUT2D eigenvalue weighted by Crippen LogP contribution is 2.37. The Labute approximate surface area is 355 Å². The molecule has 3 fully saturated rings. The first-order chi connectivity index (χ1) is 29.0. The van der Waals surface area contributed by atoms with Crippen LogP contribution in [0.1, 0.15) is 90.6 Å². The third-order valence-corrected chi connectivity index (χ3v) is 12.2. The molecule has 4 heterocycles. The highest BCUT2D eigenvalue weighted by atomic mass is 16.7. The summed E-state index contributed by atoms with van der Waals surface area (Å²) < 4.78 is 73.4. The summed E-state index contributed by atoms with van der Waals surface area (Å²) in [5, 5.41) is 45.1. The first-order valence-corrected chi connectivity index (χ1v) is 21.1. The Bertz CT molecular complexity index is 1470. The van der Waals surface area contributed by atoms with Crippen LogP contribution in [0.15, 0.2) is 24.3 Å². The van der Waals surface area contributed by atoms with E-state index in [0.29, 0.717) is 19.3 Å². The minimum Gasteiger partial charge on any atom is -0.462 e. The molecule has 16 heteroatoms. The van der Waals surface area contributed by atoms with Crippen LogP contribution in [0.5, 0.6) is 0 Å². The summed E-state index contributed by atoms with van der Waals surface area (Å²) in [6.07, 6.45) is -3.88. The average Bonchev–Trinajstić information content (AvgIpc) is 3.16. The summed E-state index contributed by atoms with van der Waals surface area (Å²) in [4.78, 5) is 28.7. The van der Waals surface area contributed by atoms with Crippen molar-refractivity contribution in [3.63, 3.8) is 0 Å². The summed E-state index contributed by atoms with van der Waals surface area (Å²) in [6.45, 7) is 8.12. The number of rotatable bonds is 11. The molecule has 0 spiro atoms. The number of aliphatic hydroxyl groups is 4. The minimum atomic E-state index is -2.28. The number of methoxy groups -OCH3 is 1. The standard InChI is InChI=1S/C43H74N2O14/c1-24-21-29(19-20-46)39(59-42-37(49)36(45(9)10)38(27(4)56-42)58-35-23-43(6,51)41(50)28(5)55-35)40(52-11)31(47)22-33(48)53-25(2)15-13-12-14-16-32(24)57-34-18-17-30(44(7)8)26(3)54-34/h12-14,16,20,24-32,34-42,47,49-51H,15,17-19,21-23H2,1-11H3/b13-12-,16-14-/t24-,25-,26-,27-,28+,29+,30+,31-,32+,34?,35+,36-,37-,38-,39+,40+,41+,42+,43-/m1/s1/i7D3. The number of nitrogens with zero attached hydrogens (tertiary/aromatic N) is 2. The van der Waals surface area contributed by atoms with Crippen LogP contribution in [-0.4, -0.2) is 181 Å². The Morgan fingerprint density at radius 1 is 0.915 bits per heavy atom. The van der Waals surface area contributed by atoms with Gasteiger partial charge in [-0.1, -0.05) is 31.2 Å². The minimum absolute atomic E-state index is 0.0370. The van der Waals surface area contributed by atoms with E-state index < -0.39 is 123 Å². The van der Waals surface area contributed by atoms with Crippen molar-refractivity contribution < 1.29 is 72.0 Å². The number of aliphatic hydroxyl groups excluding tert-OH is 3. The topological polar surface area (TPSA) is 195 Å². The van der Waals surface area contributed by atoms with Crippen LogP contribution < -0.4 is 0 Å². The van der Waals surface area contributed by atoms with Gasteiger partial charge in [-0.25, -0.2) is 0 Å². The lowest BCUT2D eigenvalue weighted by Crippen LogP contribution is -2.65. The molecule has 4 rings (SSSR count). The number of carbonyl (C=O) groups excluding carboxylic acids is 2. The van der Waals surface area contributed by atoms with Gasteiger partial charge in [0.25, 0.3) is 0 Å². The largest absolute Gasteiger partial charge is 0.462 e. The molecule has 0 aliphatic carbocycles. The van der Waals surface area contributed by atoms with E-state index in [4.69, 9.17) is 42.0 Å². The van der Waals surface area contributed by atoms with Crippen molar-refractivity contribution in [1.82, 2.24) is 9.80 Å². The Kier molecular flexibility index (Phi) is 17.2. The van der Waals surface area contributed by atoms with Crippen LogP contribution in [0, 0.1) is 11.8 Å². The fourth-order valence-corrected chi connectivity index (χ4v) is 8.93. The summed E-state index contributed by atoms with van der Waals surface area (Å²) in [5.74, 6) is -1.67. The Morgan fingerprint density at radius 3 is 2.25 bits per heavy atom. The molecule has 0 aromatic carbocycles. The van der Waals surface area contributed by atoms with E-state index in [-0.39, 0.29) is 31.2 Å². The van der Waals surface area contributed by atoms with Gasteiger partial charge in [0.05, 0.1) is 54.7 Å². The molecule has 3 saturated heterocycles. The number of likely N-dealkylation sites (N-methyl/N-ethyl adjacent to an activating group) is 2. The van der Waals surface area contributed by atoms with Gasteiger partial charge in [0.2, 0.25) is 0 Å². The Hall–Kier alpha value is -1.90. The molecule has 16 nitrogen and oxygen atoms in total. The third kappa shape index (κ3) is 13.3. The van der Waals surface area contributed by atoms with Gasteiger partial charge in [0, 0.05) is 36.5 Å². The number of esters is 1. The molecule has 1 unspecified atom stereocenters. The summed E-state index contributed by atoms with van der Waals surface area (Å²) >= 11 is 0. The number of allylic oxidation sites excluding steroid dienone is 2. The lowest BCUT2D eigenvalue weighted by Gasteiger charge is -2.50. The Morgan fingerprint density at radius 2 is 1.63 bits per heavy atom. The van der Waals surface area contributed by atoms with Gasteiger partial charge in [0.15, 0.2) is 18.9 Å². The van der Waals surface area contributed by atoms with E-state index in [1.54, 1.807) is 46.8 Å². The molecular formula is C43H74N2O14. The van der Waals surface area contributed by atoms with E-state index in [2.05, 4.69) is 0 Å². The summed E-state index contributed by atoms with van der Waals surface area (Å²) in [7, 11) is 6.44. The van der Waals surface area contributed by atoms with Crippen LogP contribution in [-0.2, 0) is 47.5 Å². The van der Waals surface area contributed by atoms with Crippen LogP contribution in [0.4, 0.5) is 0 Å². The van der Waals surface area contributed by atoms with Crippen molar-refractivity contribution >= 4 is 12.3 Å². The molecule has 340 valence electrons. The number of cyclic esters (lactones) is 1. The summed E-state index contributed by atoms with van der Waals surface area (Å²) in [5.41, 5.74) is -1.49. The van der Waals surface area contributed by atoms with E-state index in [0.717, 1.165) is 6.29 Å². The van der Waals surface area contributed by atoms with E-state index in [9.17, 15) is 30.0 Å². The van der Waals surface area contributed by atoms with Gasteiger partial charge in [-0.15, -0.1) is 0 Å². The molecular weight excluding hydrogens is 768 g/mol. The average molecular weight is 846 g/mol. The van der Waals surface area contributed by atoms with E-state index in [1.807, 2.05) is 38.2 Å². The van der Waals surface area contributed by atoms with Crippen molar-refractivity contribution in [3.05, 3.63) is 24.3 Å². The zero-order valence-corrected chi connectivity index (χ0v) is 36.5. The fraction of sp³-hybridized carbons (Fsp3) is 0.860. The SMILES string of the molecule is [2H]C([2H])([2H])N(C)[C@H]1CCC(O[C@H]2/C=C\C=C/C[C@@H](C)OC(=O)C[C@@H](O)[C@H](OC)[C@@H](O[C@@H]3O[C@H](C)[C@@H](O[C@H]4C[C@@](C)(O)[C@@H](O)[C@H](C)O4)[C@H](N(C)C)[C@H]3O)[C@@H](CC=O)C[C@H]2C)O[C@@H]1C. The van der Waals surface area contributed by atoms with Gasteiger partial charge in [-0.3, -0.25) is 4.79 Å².